The van der Waals surface area contributed by atoms with Crippen LogP contribution >= 0.6 is 11.3 Å². The third-order valence-corrected chi connectivity index (χ3v) is 9.70. The third kappa shape index (κ3) is 8.01. The van der Waals surface area contributed by atoms with E-state index in [-0.39, 0.29) is 48.2 Å². The number of hydrogen-bond acceptors (Lipinski definition) is 11. The third-order valence-electron chi connectivity index (χ3n) is 7.91. The van der Waals surface area contributed by atoms with Gasteiger partial charge in [0.15, 0.2) is 5.82 Å². The lowest BCUT2D eigenvalue weighted by Crippen LogP contribution is -2.51. The molecule has 6 rings (SSSR count). The normalized spacial score (nSPS) is 16.6. The summed E-state index contributed by atoms with van der Waals surface area (Å²) in [7, 11) is -4.01. The van der Waals surface area contributed by atoms with Crippen LogP contribution in [-0.2, 0) is 14.8 Å². The second-order valence-corrected chi connectivity index (χ2v) is 16.1. The number of carbonyl (C=O) groups is 1. The highest BCUT2D eigenvalue weighted by atomic mass is 32.2. The molecule has 16 heteroatoms. The number of rotatable bonds is 8. The molecule has 1 N–H and O–H groups in total. The number of ether oxygens (including phenoxy) is 2. The van der Waals surface area contributed by atoms with E-state index in [1.807, 2.05) is 6.92 Å². The molecule has 0 spiro atoms. The Balaban J connectivity index is 1.32. The van der Waals surface area contributed by atoms with E-state index in [0.29, 0.717) is 33.0 Å². The average molecular weight is 738 g/mol. The number of alkyl halides is 1. The van der Waals surface area contributed by atoms with Crippen LogP contribution in [0.1, 0.15) is 37.8 Å². The molecule has 5 aromatic rings. The zero-order valence-electron chi connectivity index (χ0n) is 28.8. The molecule has 1 aliphatic rings. The first-order chi connectivity index (χ1) is 24.1. The van der Waals surface area contributed by atoms with E-state index in [1.165, 1.54) is 28.4 Å². The van der Waals surface area contributed by atoms with E-state index in [9.17, 15) is 17.6 Å². The number of thiazole rings is 1. The van der Waals surface area contributed by atoms with Gasteiger partial charge in [0.05, 0.1) is 29.1 Å². The Morgan fingerprint density at radius 3 is 2.51 bits per heavy atom. The number of aryl methyl sites for hydroxylation is 2. The number of fused-ring (bicyclic) bond motifs is 1. The maximum absolute atomic E-state index is 15.6. The van der Waals surface area contributed by atoms with Crippen LogP contribution in [0.4, 0.5) is 31.0 Å². The number of anilines is 3. The molecule has 51 heavy (non-hydrogen) atoms. The fourth-order valence-corrected chi connectivity index (χ4v) is 7.42. The van der Waals surface area contributed by atoms with Crippen molar-refractivity contribution < 1.29 is 31.5 Å². The zero-order valence-corrected chi connectivity index (χ0v) is 30.5. The smallest absolute Gasteiger partial charge is 0.410 e. The van der Waals surface area contributed by atoms with Crippen molar-refractivity contribution >= 4 is 55.7 Å². The summed E-state index contributed by atoms with van der Waals surface area (Å²) in [5.74, 6) is 0.0607. The van der Waals surface area contributed by atoms with Gasteiger partial charge in [-0.05, 0) is 70.5 Å². The predicted octanol–water partition coefficient (Wildman–Crippen LogP) is 7.55. The molecule has 1 saturated heterocycles. The number of piperidine rings is 1. The number of likely N-dealkylation sites (tertiary alicyclic amines) is 1. The fourth-order valence-electron chi connectivity index (χ4n) is 5.82. The highest BCUT2D eigenvalue weighted by Crippen LogP contribution is 2.43. The lowest BCUT2D eigenvalue weighted by molar-refractivity contribution is 0.0124. The first-order valence-electron chi connectivity index (χ1n) is 16.1. The highest BCUT2D eigenvalue weighted by molar-refractivity contribution is 7.92. The van der Waals surface area contributed by atoms with Gasteiger partial charge < -0.3 is 19.7 Å². The summed E-state index contributed by atoms with van der Waals surface area (Å²) >= 11 is 1.25. The number of amides is 1. The standard InChI is InChI=1S/C35H37F2N7O5S2/c1-20-9-10-24-25(11-12-27(37)30(24)44(51(6,46)47)29-19-50-21(2)40-29)31(20)48-32-26(8-7-14-38-32)28-13-15-39-33(42-28)41-23-16-22(36)17-43(18-23)34(45)49-35(3,4)5/h7-15,19,22-23H,16-18H2,1-6H3,(H,39,41,42). The van der Waals surface area contributed by atoms with Crippen molar-refractivity contribution in [2.75, 3.05) is 29.0 Å². The van der Waals surface area contributed by atoms with Crippen molar-refractivity contribution in [2.24, 2.45) is 0 Å². The molecule has 268 valence electrons. The first-order valence-corrected chi connectivity index (χ1v) is 18.8. The Kier molecular flexibility index (Phi) is 9.83. The lowest BCUT2D eigenvalue weighted by atomic mass is 10.0. The van der Waals surface area contributed by atoms with Crippen LogP contribution in [-0.4, -0.2) is 76.5 Å². The number of carbonyl (C=O) groups excluding carboxylic acids is 1. The van der Waals surface area contributed by atoms with Crippen molar-refractivity contribution in [2.45, 2.75) is 58.9 Å². The SMILES string of the molecule is Cc1nc(N(c2c(F)ccc3c(Oc4ncccc4-c4ccnc(NC5CC(F)CN(C(=O)OC(C)(C)C)C5)n4)c(C)ccc23)S(C)(=O)=O)cs1. The molecule has 2 atom stereocenters. The van der Waals surface area contributed by atoms with E-state index in [4.69, 9.17) is 9.47 Å². The van der Waals surface area contributed by atoms with Gasteiger partial charge in [-0.2, -0.15) is 0 Å². The number of nitrogens with zero attached hydrogens (tertiary/aromatic N) is 6. The van der Waals surface area contributed by atoms with Gasteiger partial charge in [0.25, 0.3) is 0 Å². The fraction of sp³-hybridized carbons (Fsp3) is 0.343. The second-order valence-electron chi connectivity index (χ2n) is 13.2. The summed E-state index contributed by atoms with van der Waals surface area (Å²) < 4.78 is 69.3. The number of benzene rings is 2. The van der Waals surface area contributed by atoms with Gasteiger partial charge >= 0.3 is 6.09 Å². The summed E-state index contributed by atoms with van der Waals surface area (Å²) in [6.45, 7) is 8.94. The zero-order chi connectivity index (χ0) is 36.7. The molecular weight excluding hydrogens is 701 g/mol. The van der Waals surface area contributed by atoms with Gasteiger partial charge in [-0.1, -0.05) is 12.1 Å². The van der Waals surface area contributed by atoms with E-state index in [2.05, 4.69) is 25.3 Å². The summed E-state index contributed by atoms with van der Waals surface area (Å²) in [4.78, 5) is 31.8. The topological polar surface area (TPSA) is 140 Å². The van der Waals surface area contributed by atoms with Crippen molar-refractivity contribution in [3.05, 3.63) is 76.6 Å². The summed E-state index contributed by atoms with van der Waals surface area (Å²) in [6.07, 6.45) is 2.38. The molecule has 1 amide bonds. The van der Waals surface area contributed by atoms with E-state index >= 15 is 4.39 Å². The van der Waals surface area contributed by atoms with Gasteiger partial charge in [0.2, 0.25) is 21.9 Å². The second kappa shape index (κ2) is 14.0. The molecule has 0 saturated carbocycles. The van der Waals surface area contributed by atoms with Gasteiger partial charge in [0, 0.05) is 47.6 Å². The highest BCUT2D eigenvalue weighted by Gasteiger charge is 2.33. The molecular formula is C35H37F2N7O5S2. The van der Waals surface area contributed by atoms with Gasteiger partial charge in [-0.15, -0.1) is 11.3 Å². The van der Waals surface area contributed by atoms with Crippen molar-refractivity contribution in [3.8, 4) is 22.9 Å². The molecule has 0 bridgehead atoms. The van der Waals surface area contributed by atoms with Gasteiger partial charge in [-0.3, -0.25) is 0 Å². The minimum absolute atomic E-state index is 0.0665. The van der Waals surface area contributed by atoms with E-state index < -0.39 is 39.7 Å². The Morgan fingerprint density at radius 1 is 1.04 bits per heavy atom. The first kappa shape index (κ1) is 35.9. The summed E-state index contributed by atoms with van der Waals surface area (Å²) in [5.41, 5.74) is 0.731. The molecule has 0 radical (unpaired) electrons. The number of halogens is 2. The van der Waals surface area contributed by atoms with Gasteiger partial charge in [-0.25, -0.2) is 46.2 Å². The Hall–Kier alpha value is -4.96. The van der Waals surface area contributed by atoms with Crippen LogP contribution in [0.5, 0.6) is 11.6 Å². The Bertz CT molecular complexity index is 2210. The monoisotopic (exact) mass is 737 g/mol. The van der Waals surface area contributed by atoms with Crippen LogP contribution < -0.4 is 14.4 Å². The van der Waals surface area contributed by atoms with Crippen molar-refractivity contribution in [1.82, 2.24) is 24.8 Å². The number of nitrogens with one attached hydrogen (secondary N) is 1. The summed E-state index contributed by atoms with van der Waals surface area (Å²) in [5, 5.41) is 6.07. The lowest BCUT2D eigenvalue weighted by Gasteiger charge is -2.36. The molecule has 2 unspecified atom stereocenters. The number of sulfonamides is 1. The van der Waals surface area contributed by atoms with Crippen molar-refractivity contribution in [3.63, 3.8) is 0 Å². The van der Waals surface area contributed by atoms with Crippen molar-refractivity contribution in [1.29, 1.82) is 0 Å². The number of pyridine rings is 1. The average Bonchev–Trinajstić information content (AvgIpc) is 3.47. The van der Waals surface area contributed by atoms with E-state index in [1.54, 1.807) is 75.8 Å². The van der Waals surface area contributed by atoms with Crippen LogP contribution in [0, 0.1) is 19.7 Å². The molecule has 0 aliphatic carbocycles. The quantitative estimate of drug-likeness (QED) is 0.170. The molecule has 4 heterocycles. The number of aromatic nitrogens is 4. The maximum atomic E-state index is 15.6. The van der Waals surface area contributed by atoms with Crippen LogP contribution in [0.3, 0.4) is 0 Å². The molecule has 2 aromatic carbocycles. The van der Waals surface area contributed by atoms with Gasteiger partial charge in [0.1, 0.15) is 29.0 Å². The molecule has 12 nitrogen and oxygen atoms in total. The molecule has 1 fully saturated rings. The van der Waals surface area contributed by atoms with E-state index in [0.717, 1.165) is 10.6 Å². The maximum Gasteiger partial charge on any atom is 0.410 e. The largest absolute Gasteiger partial charge is 0.444 e. The van der Waals surface area contributed by atoms with Crippen LogP contribution in [0.25, 0.3) is 22.0 Å². The van der Waals surface area contributed by atoms with Crippen LogP contribution in [0.2, 0.25) is 0 Å². The minimum Gasteiger partial charge on any atom is -0.444 e. The summed E-state index contributed by atoms with van der Waals surface area (Å²) in [6, 6.07) is 10.8. The Morgan fingerprint density at radius 2 is 1.80 bits per heavy atom. The number of hydrogen-bond donors (Lipinski definition) is 1. The molecule has 1 aliphatic heterocycles. The molecule has 3 aromatic heterocycles. The minimum atomic E-state index is -4.01. The Labute approximate surface area is 298 Å². The van der Waals surface area contributed by atoms with Crippen LogP contribution in [0.15, 0.2) is 60.2 Å². The predicted molar refractivity (Wildman–Crippen MR) is 193 cm³/mol.